The second-order valence-electron chi connectivity index (χ2n) is 4.62. The van der Waals surface area contributed by atoms with E-state index in [9.17, 15) is 5.21 Å². The highest BCUT2D eigenvalue weighted by molar-refractivity contribution is 6.28. The molecule has 1 saturated heterocycles. The van der Waals surface area contributed by atoms with Crippen molar-refractivity contribution in [2.75, 3.05) is 46.3 Å². The van der Waals surface area contributed by atoms with Crippen LogP contribution in [-0.4, -0.2) is 71.4 Å². The molecule has 1 atom stereocenters. The van der Waals surface area contributed by atoms with Crippen LogP contribution in [0.3, 0.4) is 0 Å². The van der Waals surface area contributed by atoms with Gasteiger partial charge >= 0.3 is 0 Å². The summed E-state index contributed by atoms with van der Waals surface area (Å²) in [5.41, 5.74) is 2.47. The van der Waals surface area contributed by atoms with Crippen molar-refractivity contribution in [2.24, 2.45) is 0 Å². The van der Waals surface area contributed by atoms with Gasteiger partial charge in [-0.1, -0.05) is 5.01 Å². The van der Waals surface area contributed by atoms with Crippen LogP contribution in [0.1, 0.15) is 0 Å². The molecular weight excluding hydrogens is 298 g/mol. The van der Waals surface area contributed by atoms with Gasteiger partial charge in [0.2, 0.25) is 11.2 Å². The Bertz CT molecular complexity index is 431. The second-order valence-corrected chi connectivity index (χ2v) is 4.96. The van der Waals surface area contributed by atoms with Crippen LogP contribution in [0.15, 0.2) is 12.3 Å². The van der Waals surface area contributed by atoms with Crippen LogP contribution in [0.4, 0.5) is 0 Å². The van der Waals surface area contributed by atoms with E-state index in [2.05, 4.69) is 25.8 Å². The van der Waals surface area contributed by atoms with Gasteiger partial charge in [-0.05, 0) is 23.9 Å². The largest absolute Gasteiger partial charge is 0.338 e. The second kappa shape index (κ2) is 8.39. The van der Waals surface area contributed by atoms with Gasteiger partial charge in [-0.25, -0.2) is 4.98 Å². The summed E-state index contributed by atoms with van der Waals surface area (Å²) in [7, 11) is 1.94. The maximum Gasteiger partial charge on any atom is 0.248 e. The minimum atomic E-state index is -0.0296. The normalized spacial score (nSPS) is 18.6. The summed E-state index contributed by atoms with van der Waals surface area (Å²) in [6.07, 6.45) is 1.48. The van der Waals surface area contributed by atoms with E-state index in [0.717, 1.165) is 39.3 Å². The number of piperazine rings is 1. The van der Waals surface area contributed by atoms with E-state index in [4.69, 9.17) is 16.4 Å². The number of quaternary nitrogens is 1. The van der Waals surface area contributed by atoms with E-state index in [1.54, 1.807) is 6.07 Å². The molecule has 2 heterocycles. The molecule has 9 nitrogen and oxygen atoms in total. The first-order chi connectivity index (χ1) is 10.2. The molecule has 1 aromatic heterocycles. The number of hydrogen-bond acceptors (Lipinski definition) is 8. The van der Waals surface area contributed by atoms with E-state index in [-0.39, 0.29) is 16.4 Å². The standard InChI is InChI=1S/C11H20ClN7O2/c1-13-4-5-17-6-8-18(9-7-17)19(20)16-21-10-2-3-14-11(12)15-10/h2-3,13,16,20H,4-9H2,1H3/p+1. The molecule has 1 fully saturated rings. The van der Waals surface area contributed by atoms with Crippen LogP contribution in [0.25, 0.3) is 0 Å². The smallest absolute Gasteiger partial charge is 0.248 e. The van der Waals surface area contributed by atoms with E-state index in [1.807, 2.05) is 12.1 Å². The monoisotopic (exact) mass is 318 g/mol. The molecule has 1 aliphatic heterocycles. The lowest BCUT2D eigenvalue weighted by Gasteiger charge is -2.33. The van der Waals surface area contributed by atoms with Crippen molar-refractivity contribution < 1.29 is 15.3 Å². The van der Waals surface area contributed by atoms with Gasteiger partial charge in [0.1, 0.15) is 0 Å². The fourth-order valence-electron chi connectivity index (χ4n) is 1.99. The molecule has 21 heavy (non-hydrogen) atoms. The summed E-state index contributed by atoms with van der Waals surface area (Å²) in [5.74, 6) is 0.245. The third kappa shape index (κ3) is 5.32. The first-order valence-electron chi connectivity index (χ1n) is 6.78. The molecule has 0 spiro atoms. The summed E-state index contributed by atoms with van der Waals surface area (Å²) in [6, 6.07) is 1.54. The fourth-order valence-corrected chi connectivity index (χ4v) is 2.13. The Morgan fingerprint density at radius 2 is 2.19 bits per heavy atom. The van der Waals surface area contributed by atoms with Crippen LogP contribution >= 0.6 is 11.6 Å². The highest BCUT2D eigenvalue weighted by atomic mass is 35.5. The maximum absolute atomic E-state index is 9.97. The molecule has 2 rings (SSSR count). The molecular formula is C11H21ClN7O2+. The lowest BCUT2D eigenvalue weighted by molar-refractivity contribution is -1.22. The molecule has 0 bridgehead atoms. The third-order valence-electron chi connectivity index (χ3n) is 3.20. The Balaban J connectivity index is 1.71. The van der Waals surface area contributed by atoms with Gasteiger partial charge < -0.3 is 10.2 Å². The molecule has 4 N–H and O–H groups in total. The quantitative estimate of drug-likeness (QED) is 0.338. The number of nitrogens with one attached hydrogen (secondary N) is 3. The van der Waals surface area contributed by atoms with Crippen molar-refractivity contribution in [3.05, 3.63) is 17.5 Å². The lowest BCUT2D eigenvalue weighted by Crippen LogP contribution is -3.23. The van der Waals surface area contributed by atoms with E-state index in [0.29, 0.717) is 0 Å². The molecule has 0 aliphatic carbocycles. The number of nitrogens with zero attached hydrogens (tertiary/aromatic N) is 4. The summed E-state index contributed by atoms with van der Waals surface area (Å²) in [5, 5.41) is 15.0. The number of aromatic nitrogens is 2. The summed E-state index contributed by atoms with van der Waals surface area (Å²) < 4.78 is 0. The van der Waals surface area contributed by atoms with Crippen molar-refractivity contribution in [3.63, 3.8) is 0 Å². The number of rotatable bonds is 7. The number of halogens is 1. The Labute approximate surface area is 128 Å². The van der Waals surface area contributed by atoms with E-state index in [1.165, 1.54) is 6.20 Å². The zero-order valence-electron chi connectivity index (χ0n) is 11.9. The summed E-state index contributed by atoms with van der Waals surface area (Å²) >= 11 is 5.65. The average molecular weight is 319 g/mol. The Hall–Kier alpha value is -1.07. The Kier molecular flexibility index (Phi) is 6.51. The first kappa shape index (κ1) is 16.3. The molecule has 0 saturated carbocycles. The number of likely N-dealkylation sites (N-methyl/N-ethyl adjacent to an activating group) is 1. The van der Waals surface area contributed by atoms with Crippen LogP contribution in [0.5, 0.6) is 5.88 Å². The molecule has 0 radical (unpaired) electrons. The summed E-state index contributed by atoms with van der Waals surface area (Å²) in [6.45, 7) is 5.23. The van der Waals surface area contributed by atoms with Gasteiger partial charge in [0.05, 0.1) is 18.7 Å². The zero-order chi connectivity index (χ0) is 15.1. The van der Waals surface area contributed by atoms with Crippen molar-refractivity contribution in [1.82, 2.24) is 30.8 Å². The van der Waals surface area contributed by atoms with Gasteiger partial charge in [0.15, 0.2) is 0 Å². The molecule has 1 aliphatic rings. The Morgan fingerprint density at radius 1 is 1.43 bits per heavy atom. The van der Waals surface area contributed by atoms with Gasteiger partial charge in [0.25, 0.3) is 0 Å². The summed E-state index contributed by atoms with van der Waals surface area (Å²) in [4.78, 5) is 15.1. The lowest BCUT2D eigenvalue weighted by atomic mass is 10.3. The van der Waals surface area contributed by atoms with Gasteiger partial charge in [0, 0.05) is 38.4 Å². The van der Waals surface area contributed by atoms with Crippen molar-refractivity contribution >= 4 is 11.6 Å². The van der Waals surface area contributed by atoms with Crippen LogP contribution < -0.4 is 21.0 Å². The maximum atomic E-state index is 9.97. The van der Waals surface area contributed by atoms with Crippen LogP contribution in [0, 0.1) is 0 Å². The van der Waals surface area contributed by atoms with Crippen molar-refractivity contribution in [2.45, 2.75) is 0 Å². The molecule has 1 unspecified atom stereocenters. The highest BCUT2D eigenvalue weighted by Crippen LogP contribution is 2.06. The first-order valence-corrected chi connectivity index (χ1v) is 7.16. The van der Waals surface area contributed by atoms with Crippen LogP contribution in [-0.2, 0) is 0 Å². The Morgan fingerprint density at radius 3 is 2.86 bits per heavy atom. The average Bonchev–Trinajstić information content (AvgIpc) is 2.51. The topological polar surface area (TPSA) is 90.2 Å². The van der Waals surface area contributed by atoms with E-state index < -0.39 is 0 Å². The fraction of sp³-hybridized carbons (Fsp3) is 0.636. The van der Waals surface area contributed by atoms with Gasteiger partial charge in [-0.3, -0.25) is 4.90 Å². The minimum Gasteiger partial charge on any atom is -0.338 e. The highest BCUT2D eigenvalue weighted by Gasteiger charge is 2.25. The van der Waals surface area contributed by atoms with Crippen molar-refractivity contribution in [1.29, 1.82) is 0 Å². The molecule has 0 amide bonds. The molecule has 0 aromatic carbocycles. The zero-order valence-corrected chi connectivity index (χ0v) is 12.7. The number of hydrogen-bond donors (Lipinski definition) is 4. The molecule has 118 valence electrons. The van der Waals surface area contributed by atoms with Crippen LogP contribution in [0.2, 0.25) is 5.28 Å². The predicted octanol–water partition coefficient (Wildman–Crippen LogP) is -2.05. The van der Waals surface area contributed by atoms with Gasteiger partial charge in [-0.2, -0.15) is 10.2 Å². The van der Waals surface area contributed by atoms with E-state index >= 15 is 0 Å². The molecule has 1 aromatic rings. The minimum absolute atomic E-state index is 0.0296. The van der Waals surface area contributed by atoms with Gasteiger partial charge in [-0.15, -0.1) is 0 Å². The molecule has 10 heteroatoms. The SMILES string of the molecule is CNCCN1CCN([NH+](O)NOc2ccnc(Cl)n2)CC1. The third-order valence-corrected chi connectivity index (χ3v) is 3.38. The predicted molar refractivity (Wildman–Crippen MR) is 75.5 cm³/mol. The van der Waals surface area contributed by atoms with Crippen molar-refractivity contribution in [3.8, 4) is 5.88 Å².